The molecule has 182 valence electrons. The second kappa shape index (κ2) is 12.3. The van der Waals surface area contributed by atoms with Crippen molar-refractivity contribution in [2.75, 3.05) is 26.1 Å². The molecule has 1 atom stereocenters. The van der Waals surface area contributed by atoms with Gasteiger partial charge in [0.15, 0.2) is 16.6 Å². The molecule has 7 nitrogen and oxygen atoms in total. The zero-order valence-corrected chi connectivity index (χ0v) is 21.0. The van der Waals surface area contributed by atoms with Crippen LogP contribution in [-0.2, 0) is 4.79 Å². The molecule has 3 rings (SSSR count). The maximum absolute atomic E-state index is 13.4. The summed E-state index contributed by atoms with van der Waals surface area (Å²) in [5.74, 6) is 1.62. The van der Waals surface area contributed by atoms with E-state index in [0.29, 0.717) is 45.9 Å². The first-order valence-corrected chi connectivity index (χ1v) is 11.9. The lowest BCUT2D eigenvalue weighted by molar-refractivity contribution is -0.113. The fourth-order valence-corrected chi connectivity index (χ4v) is 4.15. The van der Waals surface area contributed by atoms with Gasteiger partial charge in [-0.05, 0) is 55.4 Å². The number of para-hydroxylation sites is 2. The average Bonchev–Trinajstić information content (AvgIpc) is 2.83. The highest BCUT2D eigenvalue weighted by atomic mass is 32.1. The number of ether oxygens (including phenoxy) is 3. The molecular weight excluding hydrogens is 450 g/mol. The zero-order valence-electron chi connectivity index (χ0n) is 20.2. The molecular formula is C26H33N3O4S. The van der Waals surface area contributed by atoms with Crippen LogP contribution >= 0.6 is 12.2 Å². The number of methoxy groups -OCH3 is 2. The molecule has 0 spiro atoms. The van der Waals surface area contributed by atoms with Crippen LogP contribution in [0.15, 0.2) is 53.7 Å². The Labute approximate surface area is 206 Å². The number of rotatable bonds is 11. The van der Waals surface area contributed by atoms with Crippen LogP contribution in [-0.4, -0.2) is 31.8 Å². The van der Waals surface area contributed by atoms with E-state index < -0.39 is 6.04 Å². The Bertz CT molecular complexity index is 1050. The molecule has 0 saturated carbocycles. The number of unbranched alkanes of at least 4 members (excludes halogenated alkanes) is 3. The molecule has 3 N–H and O–H groups in total. The number of hydrogen-bond acceptors (Lipinski definition) is 5. The SMILES string of the molecule is CCCCCCOc1ccc([C@@H]2NC(=S)NC(C)=C2C(=O)Nc2ccccc2OC)cc1OC. The van der Waals surface area contributed by atoms with Crippen molar-refractivity contribution in [3.8, 4) is 17.2 Å². The summed E-state index contributed by atoms with van der Waals surface area (Å²) < 4.78 is 16.9. The van der Waals surface area contributed by atoms with Gasteiger partial charge in [-0.2, -0.15) is 0 Å². The quantitative estimate of drug-likeness (QED) is 0.303. The van der Waals surface area contributed by atoms with Gasteiger partial charge in [-0.3, -0.25) is 4.79 Å². The molecule has 0 radical (unpaired) electrons. The van der Waals surface area contributed by atoms with Crippen LogP contribution in [0.1, 0.15) is 51.1 Å². The Morgan fingerprint density at radius 3 is 2.53 bits per heavy atom. The number of allylic oxidation sites excluding steroid dienone is 1. The Kier molecular flexibility index (Phi) is 9.16. The minimum Gasteiger partial charge on any atom is -0.495 e. The van der Waals surface area contributed by atoms with E-state index in [1.54, 1.807) is 26.4 Å². The van der Waals surface area contributed by atoms with E-state index >= 15 is 0 Å². The topological polar surface area (TPSA) is 80.9 Å². The lowest BCUT2D eigenvalue weighted by Gasteiger charge is -2.30. The van der Waals surface area contributed by atoms with E-state index in [1.807, 2.05) is 37.3 Å². The van der Waals surface area contributed by atoms with E-state index in [9.17, 15) is 4.79 Å². The van der Waals surface area contributed by atoms with Crippen molar-refractivity contribution < 1.29 is 19.0 Å². The minimum atomic E-state index is -0.462. The summed E-state index contributed by atoms with van der Waals surface area (Å²) in [4.78, 5) is 13.4. The first-order chi connectivity index (χ1) is 16.5. The number of benzene rings is 2. The molecule has 1 amide bonds. The number of thiocarbonyl (C=S) groups is 1. The smallest absolute Gasteiger partial charge is 0.255 e. The van der Waals surface area contributed by atoms with Crippen molar-refractivity contribution in [2.45, 2.75) is 45.6 Å². The minimum absolute atomic E-state index is 0.260. The van der Waals surface area contributed by atoms with Crippen LogP contribution in [0.3, 0.4) is 0 Å². The number of nitrogens with one attached hydrogen (secondary N) is 3. The van der Waals surface area contributed by atoms with Crippen LogP contribution in [0.4, 0.5) is 5.69 Å². The molecule has 1 aliphatic rings. The highest BCUT2D eigenvalue weighted by Gasteiger charge is 2.31. The molecule has 0 unspecified atom stereocenters. The van der Waals surface area contributed by atoms with Crippen molar-refractivity contribution in [2.24, 2.45) is 0 Å². The number of carbonyl (C=O) groups excluding carboxylic acids is 1. The van der Waals surface area contributed by atoms with Crippen molar-refractivity contribution in [1.29, 1.82) is 0 Å². The van der Waals surface area contributed by atoms with Gasteiger partial charge < -0.3 is 30.2 Å². The summed E-state index contributed by atoms with van der Waals surface area (Å²) in [5.41, 5.74) is 2.63. The van der Waals surface area contributed by atoms with E-state index in [0.717, 1.165) is 18.4 Å². The van der Waals surface area contributed by atoms with Crippen molar-refractivity contribution >= 4 is 28.9 Å². The van der Waals surface area contributed by atoms with E-state index in [-0.39, 0.29) is 5.91 Å². The second-order valence-corrected chi connectivity index (χ2v) is 8.45. The summed E-state index contributed by atoms with van der Waals surface area (Å²) in [6.07, 6.45) is 4.52. The fraction of sp³-hybridized carbons (Fsp3) is 0.385. The predicted molar refractivity (Wildman–Crippen MR) is 139 cm³/mol. The van der Waals surface area contributed by atoms with Crippen LogP contribution in [0.25, 0.3) is 0 Å². The number of anilines is 1. The second-order valence-electron chi connectivity index (χ2n) is 8.04. The first kappa shape index (κ1) is 25.4. The Morgan fingerprint density at radius 2 is 1.79 bits per heavy atom. The largest absolute Gasteiger partial charge is 0.495 e. The average molecular weight is 484 g/mol. The summed E-state index contributed by atoms with van der Waals surface area (Å²) in [7, 11) is 3.18. The molecule has 8 heteroatoms. The molecule has 0 aliphatic carbocycles. The van der Waals surface area contributed by atoms with Gasteiger partial charge in [0.1, 0.15) is 5.75 Å². The third-order valence-corrected chi connectivity index (χ3v) is 5.87. The van der Waals surface area contributed by atoms with Crippen LogP contribution < -0.4 is 30.2 Å². The lowest BCUT2D eigenvalue weighted by Crippen LogP contribution is -2.45. The Morgan fingerprint density at radius 1 is 1.03 bits per heavy atom. The van der Waals surface area contributed by atoms with Crippen molar-refractivity contribution in [1.82, 2.24) is 10.6 Å². The Balaban J connectivity index is 1.85. The van der Waals surface area contributed by atoms with Crippen LogP contribution in [0.2, 0.25) is 0 Å². The van der Waals surface area contributed by atoms with E-state index in [1.165, 1.54) is 12.8 Å². The molecule has 0 aromatic heterocycles. The van der Waals surface area contributed by atoms with Crippen molar-refractivity contribution in [3.63, 3.8) is 0 Å². The molecule has 2 aromatic carbocycles. The van der Waals surface area contributed by atoms with Crippen molar-refractivity contribution in [3.05, 3.63) is 59.3 Å². The van der Waals surface area contributed by atoms with Gasteiger partial charge >= 0.3 is 0 Å². The fourth-order valence-electron chi connectivity index (χ4n) is 3.88. The number of carbonyl (C=O) groups is 1. The number of amides is 1. The van der Waals surface area contributed by atoms with Gasteiger partial charge in [-0.25, -0.2) is 0 Å². The van der Waals surface area contributed by atoms with Gasteiger partial charge in [0.2, 0.25) is 0 Å². The molecule has 1 aliphatic heterocycles. The van der Waals surface area contributed by atoms with Crippen LogP contribution in [0, 0.1) is 0 Å². The standard InChI is InChI=1S/C26H33N3O4S/c1-5-6-7-10-15-33-21-14-13-18(16-22(21)32-4)24-23(17(2)27-26(34)29-24)25(30)28-19-11-8-9-12-20(19)31-3/h8-9,11-14,16,24H,5-7,10,15H2,1-4H3,(H,28,30)(H2,27,29,34)/t24-/m0/s1. The third-order valence-electron chi connectivity index (χ3n) is 5.65. The van der Waals surface area contributed by atoms with Gasteiger partial charge in [-0.15, -0.1) is 0 Å². The summed E-state index contributed by atoms with van der Waals surface area (Å²) in [6, 6.07) is 12.5. The van der Waals surface area contributed by atoms with Gasteiger partial charge in [0.05, 0.1) is 38.1 Å². The first-order valence-electron chi connectivity index (χ1n) is 11.5. The maximum atomic E-state index is 13.4. The van der Waals surface area contributed by atoms with E-state index in [2.05, 4.69) is 22.9 Å². The number of hydrogen-bond donors (Lipinski definition) is 3. The molecule has 0 saturated heterocycles. The van der Waals surface area contributed by atoms with Gasteiger partial charge in [0, 0.05) is 5.70 Å². The molecule has 0 bridgehead atoms. The molecule has 2 aromatic rings. The van der Waals surface area contributed by atoms with Gasteiger partial charge in [-0.1, -0.05) is 44.4 Å². The highest BCUT2D eigenvalue weighted by molar-refractivity contribution is 7.80. The molecule has 0 fully saturated rings. The normalized spacial score (nSPS) is 15.3. The summed E-state index contributed by atoms with van der Waals surface area (Å²) in [5, 5.41) is 9.69. The van der Waals surface area contributed by atoms with E-state index in [4.69, 9.17) is 26.4 Å². The maximum Gasteiger partial charge on any atom is 0.255 e. The monoisotopic (exact) mass is 483 g/mol. The predicted octanol–water partition coefficient (Wildman–Crippen LogP) is 5.09. The molecule has 34 heavy (non-hydrogen) atoms. The third kappa shape index (κ3) is 6.20. The highest BCUT2D eigenvalue weighted by Crippen LogP contribution is 2.35. The summed E-state index contributed by atoms with van der Waals surface area (Å²) in [6.45, 7) is 4.66. The Hall–Kier alpha value is -3.26. The zero-order chi connectivity index (χ0) is 24.5. The van der Waals surface area contributed by atoms with Crippen LogP contribution in [0.5, 0.6) is 17.2 Å². The molecule has 1 heterocycles. The summed E-state index contributed by atoms with van der Waals surface area (Å²) >= 11 is 5.38. The van der Waals surface area contributed by atoms with Gasteiger partial charge in [0.25, 0.3) is 5.91 Å². The lowest BCUT2D eigenvalue weighted by atomic mass is 9.94.